The van der Waals surface area contributed by atoms with Crippen LogP contribution in [0, 0.1) is 6.92 Å². The lowest BCUT2D eigenvalue weighted by atomic mass is 10.1. The van der Waals surface area contributed by atoms with Gasteiger partial charge in [-0.2, -0.15) is 0 Å². The van der Waals surface area contributed by atoms with Crippen LogP contribution < -0.4 is 10.1 Å². The van der Waals surface area contributed by atoms with Crippen molar-refractivity contribution in [1.82, 2.24) is 9.88 Å². The Morgan fingerprint density at radius 3 is 2.47 bits per heavy atom. The third-order valence-electron chi connectivity index (χ3n) is 4.74. The molecule has 1 N–H and O–H groups in total. The van der Waals surface area contributed by atoms with E-state index < -0.39 is 0 Å². The minimum absolute atomic E-state index is 0.0492. The van der Waals surface area contributed by atoms with E-state index in [4.69, 9.17) is 4.74 Å². The van der Waals surface area contributed by atoms with E-state index in [2.05, 4.69) is 10.3 Å². The number of nitrogens with zero attached hydrogens (tertiary/aromatic N) is 2. The molecule has 2 aromatic carbocycles. The van der Waals surface area contributed by atoms with E-state index in [0.29, 0.717) is 29.2 Å². The van der Waals surface area contributed by atoms with Crippen molar-refractivity contribution >= 4 is 17.5 Å². The number of ether oxygens (including phenoxy) is 1. The first-order valence-corrected chi connectivity index (χ1v) is 9.78. The molecule has 154 valence electrons. The summed E-state index contributed by atoms with van der Waals surface area (Å²) in [6.07, 6.45) is 0. The second kappa shape index (κ2) is 9.69. The van der Waals surface area contributed by atoms with Crippen molar-refractivity contribution in [1.29, 1.82) is 0 Å². The minimum atomic E-state index is -0.273. The molecular formula is C24H25N3O3. The van der Waals surface area contributed by atoms with Crippen LogP contribution in [0.4, 0.5) is 5.69 Å². The molecule has 1 aromatic heterocycles. The fraction of sp³-hybridized carbons (Fsp3) is 0.208. The largest absolute Gasteiger partial charge is 0.497 e. The maximum atomic E-state index is 13.0. The van der Waals surface area contributed by atoms with Crippen molar-refractivity contribution < 1.29 is 14.3 Å². The Labute approximate surface area is 176 Å². The number of rotatable bonds is 7. The molecule has 0 saturated carbocycles. The second-order valence-electron chi connectivity index (χ2n) is 6.79. The Bertz CT molecular complexity index is 1030. The molecule has 0 spiro atoms. The Balaban J connectivity index is 1.71. The number of likely N-dealkylation sites (N-methyl/N-ethyl adjacent to an activating group) is 1. The summed E-state index contributed by atoms with van der Waals surface area (Å²) in [6, 6.07) is 20.5. The number of aromatic nitrogens is 1. The summed E-state index contributed by atoms with van der Waals surface area (Å²) >= 11 is 0. The van der Waals surface area contributed by atoms with Crippen molar-refractivity contribution in [2.24, 2.45) is 0 Å². The van der Waals surface area contributed by atoms with Gasteiger partial charge in [0, 0.05) is 23.9 Å². The molecule has 6 heteroatoms. The normalized spacial score (nSPS) is 10.4. The van der Waals surface area contributed by atoms with E-state index in [0.717, 1.165) is 11.3 Å². The molecular weight excluding hydrogens is 378 g/mol. The molecule has 6 nitrogen and oxygen atoms in total. The summed E-state index contributed by atoms with van der Waals surface area (Å²) in [6.45, 7) is 4.01. The van der Waals surface area contributed by atoms with Gasteiger partial charge in [0.1, 0.15) is 12.3 Å². The Morgan fingerprint density at radius 2 is 1.80 bits per heavy atom. The van der Waals surface area contributed by atoms with Crippen LogP contribution in [-0.4, -0.2) is 41.9 Å². The van der Waals surface area contributed by atoms with Gasteiger partial charge >= 0.3 is 0 Å². The first-order chi connectivity index (χ1) is 14.5. The van der Waals surface area contributed by atoms with Crippen molar-refractivity contribution in [3.63, 3.8) is 0 Å². The second-order valence-corrected chi connectivity index (χ2v) is 6.79. The maximum Gasteiger partial charge on any atom is 0.256 e. The zero-order valence-electron chi connectivity index (χ0n) is 17.4. The standard InChI is InChI=1S/C24H25N3O3/c1-4-27(16-23(28)26-19-11-8-12-20(15-19)30-3)24(29)21-13-14-22(25-17(21)2)18-9-6-5-7-10-18/h5-15H,4,16H2,1-3H3,(H,26,28). The molecule has 0 bridgehead atoms. The van der Waals surface area contributed by atoms with Gasteiger partial charge < -0.3 is 15.0 Å². The molecule has 3 rings (SSSR count). The topological polar surface area (TPSA) is 71.5 Å². The highest BCUT2D eigenvalue weighted by molar-refractivity contribution is 6.00. The van der Waals surface area contributed by atoms with Gasteiger partial charge in [0.05, 0.1) is 24.1 Å². The highest BCUT2D eigenvalue weighted by Crippen LogP contribution is 2.20. The van der Waals surface area contributed by atoms with Crippen LogP contribution in [-0.2, 0) is 4.79 Å². The van der Waals surface area contributed by atoms with Crippen molar-refractivity contribution in [2.45, 2.75) is 13.8 Å². The van der Waals surface area contributed by atoms with E-state index in [1.54, 1.807) is 37.4 Å². The average molecular weight is 403 g/mol. The number of carbonyl (C=O) groups excluding carboxylic acids is 2. The summed E-state index contributed by atoms with van der Waals surface area (Å²) in [7, 11) is 1.57. The third kappa shape index (κ3) is 5.03. The lowest BCUT2D eigenvalue weighted by molar-refractivity contribution is -0.116. The Hall–Kier alpha value is -3.67. The first-order valence-electron chi connectivity index (χ1n) is 9.78. The van der Waals surface area contributed by atoms with Crippen LogP contribution in [0.3, 0.4) is 0 Å². The number of methoxy groups -OCH3 is 1. The Morgan fingerprint density at radius 1 is 1.03 bits per heavy atom. The van der Waals surface area contributed by atoms with Gasteiger partial charge in [0.15, 0.2) is 0 Å². The van der Waals surface area contributed by atoms with Gasteiger partial charge in [-0.1, -0.05) is 36.4 Å². The molecule has 3 aromatic rings. The number of benzene rings is 2. The average Bonchev–Trinajstić information content (AvgIpc) is 2.77. The molecule has 0 radical (unpaired) electrons. The molecule has 0 aliphatic rings. The van der Waals surface area contributed by atoms with Crippen molar-refractivity contribution in [3.05, 3.63) is 78.0 Å². The van der Waals surface area contributed by atoms with E-state index in [-0.39, 0.29) is 18.4 Å². The van der Waals surface area contributed by atoms with Gasteiger partial charge in [-0.05, 0) is 38.1 Å². The molecule has 2 amide bonds. The summed E-state index contributed by atoms with van der Waals surface area (Å²) in [5.41, 5.74) is 3.54. The molecule has 0 aliphatic carbocycles. The monoisotopic (exact) mass is 403 g/mol. The molecule has 1 heterocycles. The van der Waals surface area contributed by atoms with E-state index in [1.165, 1.54) is 4.90 Å². The van der Waals surface area contributed by atoms with Gasteiger partial charge in [0.2, 0.25) is 5.91 Å². The van der Waals surface area contributed by atoms with Crippen LogP contribution in [0.2, 0.25) is 0 Å². The highest BCUT2D eigenvalue weighted by Gasteiger charge is 2.20. The fourth-order valence-electron chi connectivity index (χ4n) is 3.13. The number of hydrogen-bond donors (Lipinski definition) is 1. The summed E-state index contributed by atoms with van der Waals surface area (Å²) in [5.74, 6) is 0.157. The number of pyridine rings is 1. The lowest BCUT2D eigenvalue weighted by Gasteiger charge is -2.21. The third-order valence-corrected chi connectivity index (χ3v) is 4.74. The minimum Gasteiger partial charge on any atom is -0.497 e. The number of anilines is 1. The number of hydrogen-bond acceptors (Lipinski definition) is 4. The van der Waals surface area contributed by atoms with Crippen LogP contribution >= 0.6 is 0 Å². The molecule has 0 saturated heterocycles. The zero-order chi connectivity index (χ0) is 21.5. The first kappa shape index (κ1) is 21.0. The van der Waals surface area contributed by atoms with Gasteiger partial charge in [-0.3, -0.25) is 14.6 Å². The quantitative estimate of drug-likeness (QED) is 0.643. The molecule has 0 aliphatic heterocycles. The summed E-state index contributed by atoms with van der Waals surface area (Å²) in [4.78, 5) is 31.6. The molecule has 0 atom stereocenters. The smallest absolute Gasteiger partial charge is 0.256 e. The van der Waals surface area contributed by atoms with E-state index >= 15 is 0 Å². The number of nitrogens with one attached hydrogen (secondary N) is 1. The van der Waals surface area contributed by atoms with Gasteiger partial charge in [-0.15, -0.1) is 0 Å². The lowest BCUT2D eigenvalue weighted by Crippen LogP contribution is -2.38. The summed E-state index contributed by atoms with van der Waals surface area (Å²) < 4.78 is 5.17. The SMILES string of the molecule is CCN(CC(=O)Nc1cccc(OC)c1)C(=O)c1ccc(-c2ccccc2)nc1C. The summed E-state index contributed by atoms with van der Waals surface area (Å²) in [5, 5.41) is 2.80. The van der Waals surface area contributed by atoms with Crippen LogP contribution in [0.25, 0.3) is 11.3 Å². The Kier molecular flexibility index (Phi) is 6.80. The predicted octanol–water partition coefficient (Wildman–Crippen LogP) is 4.17. The fourth-order valence-corrected chi connectivity index (χ4v) is 3.13. The predicted molar refractivity (Wildman–Crippen MR) is 118 cm³/mol. The molecule has 0 unspecified atom stereocenters. The number of amides is 2. The van der Waals surface area contributed by atoms with Crippen LogP contribution in [0.5, 0.6) is 5.75 Å². The number of carbonyl (C=O) groups is 2. The van der Waals surface area contributed by atoms with Crippen LogP contribution in [0.1, 0.15) is 23.0 Å². The van der Waals surface area contributed by atoms with Gasteiger partial charge in [-0.25, -0.2) is 0 Å². The van der Waals surface area contributed by atoms with Crippen LogP contribution in [0.15, 0.2) is 66.7 Å². The number of aryl methyl sites for hydroxylation is 1. The van der Waals surface area contributed by atoms with E-state index in [1.807, 2.05) is 50.2 Å². The molecule has 30 heavy (non-hydrogen) atoms. The van der Waals surface area contributed by atoms with Gasteiger partial charge in [0.25, 0.3) is 5.91 Å². The highest BCUT2D eigenvalue weighted by atomic mass is 16.5. The van der Waals surface area contributed by atoms with Crippen molar-refractivity contribution in [3.8, 4) is 17.0 Å². The maximum absolute atomic E-state index is 13.0. The van der Waals surface area contributed by atoms with Crippen molar-refractivity contribution in [2.75, 3.05) is 25.5 Å². The van der Waals surface area contributed by atoms with E-state index in [9.17, 15) is 9.59 Å². The molecule has 0 fully saturated rings. The zero-order valence-corrected chi connectivity index (χ0v) is 17.4.